The van der Waals surface area contributed by atoms with Gasteiger partial charge >= 0.3 is 5.97 Å². The zero-order valence-corrected chi connectivity index (χ0v) is 16.8. The van der Waals surface area contributed by atoms with Gasteiger partial charge in [-0.2, -0.15) is 0 Å². The van der Waals surface area contributed by atoms with Crippen LogP contribution in [0, 0.1) is 31.6 Å². The molecule has 0 bridgehead atoms. The summed E-state index contributed by atoms with van der Waals surface area (Å²) in [7, 11) is 0. The molecule has 1 aromatic heterocycles. The lowest BCUT2D eigenvalue weighted by Crippen LogP contribution is -2.37. The van der Waals surface area contributed by atoms with Gasteiger partial charge < -0.3 is 4.74 Å². The van der Waals surface area contributed by atoms with Crippen LogP contribution in [0.25, 0.3) is 11.0 Å². The second kappa shape index (κ2) is 7.37. The Morgan fingerprint density at radius 1 is 1.19 bits per heavy atom. The van der Waals surface area contributed by atoms with Gasteiger partial charge in [-0.05, 0) is 74.6 Å². The number of aryl methyl sites for hydroxylation is 2. The minimum Gasteiger partial charge on any atom is -0.460 e. The summed E-state index contributed by atoms with van der Waals surface area (Å²) in [6.45, 7) is 12.7. The molecule has 0 amide bonds. The summed E-state index contributed by atoms with van der Waals surface area (Å²) in [6, 6.07) is 3.59. The lowest BCUT2D eigenvalue weighted by molar-refractivity contribution is -0.159. The van der Waals surface area contributed by atoms with Crippen LogP contribution in [-0.4, -0.2) is 27.1 Å². The Labute approximate surface area is 156 Å². The molecule has 1 aliphatic rings. The van der Waals surface area contributed by atoms with Gasteiger partial charge in [-0.25, -0.2) is 9.48 Å². The minimum atomic E-state index is -0.479. The van der Waals surface area contributed by atoms with Gasteiger partial charge in [0.2, 0.25) is 0 Å². The molecule has 2 aromatic rings. The number of fused-ring (bicyclic) bond motifs is 1. The third-order valence-corrected chi connectivity index (χ3v) is 6.02. The monoisotopic (exact) mass is 357 g/mol. The minimum absolute atomic E-state index is 0.00691. The highest BCUT2D eigenvalue weighted by Crippen LogP contribution is 2.36. The van der Waals surface area contributed by atoms with Gasteiger partial charge in [0.15, 0.2) is 0 Å². The number of carbonyl (C=O) groups excluding carboxylic acids is 1. The summed E-state index contributed by atoms with van der Waals surface area (Å²) in [6.07, 6.45) is 3.32. The Balaban J connectivity index is 1.80. The van der Waals surface area contributed by atoms with Crippen molar-refractivity contribution in [2.24, 2.45) is 17.8 Å². The van der Waals surface area contributed by atoms with E-state index in [0.29, 0.717) is 17.8 Å². The largest absolute Gasteiger partial charge is 0.460 e. The molecule has 0 spiro atoms. The molecule has 1 aromatic carbocycles. The quantitative estimate of drug-likeness (QED) is 0.750. The summed E-state index contributed by atoms with van der Waals surface area (Å²) in [5, 5.41) is 8.46. The van der Waals surface area contributed by atoms with Crippen molar-refractivity contribution >= 4 is 17.0 Å². The van der Waals surface area contributed by atoms with Crippen LogP contribution in [0.15, 0.2) is 12.1 Å². The standard InChI is InChI=1S/C21H31N3O2/c1-12(2)17-8-7-13(3)9-20(17)26-21(25)16(6)24-19-11-15(5)14(4)10-18(19)22-23-24/h10-13,16-17,20H,7-9H2,1-6H3. The number of hydrogen-bond acceptors (Lipinski definition) is 4. The molecule has 4 unspecified atom stereocenters. The van der Waals surface area contributed by atoms with E-state index in [9.17, 15) is 4.79 Å². The first-order valence-corrected chi connectivity index (χ1v) is 9.80. The average molecular weight is 357 g/mol. The number of hydrogen-bond donors (Lipinski definition) is 0. The second-order valence-corrected chi connectivity index (χ2v) is 8.44. The van der Waals surface area contributed by atoms with Gasteiger partial charge in [0.25, 0.3) is 0 Å². The number of esters is 1. The van der Waals surface area contributed by atoms with Crippen molar-refractivity contribution < 1.29 is 9.53 Å². The van der Waals surface area contributed by atoms with Crippen LogP contribution in [0.4, 0.5) is 0 Å². The van der Waals surface area contributed by atoms with Crippen molar-refractivity contribution in [2.75, 3.05) is 0 Å². The van der Waals surface area contributed by atoms with Gasteiger partial charge in [-0.15, -0.1) is 5.10 Å². The van der Waals surface area contributed by atoms with E-state index in [1.807, 2.05) is 19.1 Å². The number of ether oxygens (including phenoxy) is 1. The average Bonchev–Trinajstić information content (AvgIpc) is 2.96. The van der Waals surface area contributed by atoms with Crippen molar-refractivity contribution in [2.45, 2.75) is 73.0 Å². The lowest BCUT2D eigenvalue weighted by atomic mass is 9.75. The van der Waals surface area contributed by atoms with Crippen molar-refractivity contribution in [3.8, 4) is 0 Å². The Bertz CT molecular complexity index is 796. The van der Waals surface area contributed by atoms with Crippen LogP contribution in [0.3, 0.4) is 0 Å². The Hall–Kier alpha value is -1.91. The normalized spacial score (nSPS) is 24.8. The van der Waals surface area contributed by atoms with Crippen LogP contribution >= 0.6 is 0 Å². The van der Waals surface area contributed by atoms with E-state index in [4.69, 9.17) is 4.74 Å². The molecule has 0 aliphatic heterocycles. The molecule has 1 aliphatic carbocycles. The van der Waals surface area contributed by atoms with Gasteiger partial charge in [0.1, 0.15) is 17.7 Å². The van der Waals surface area contributed by atoms with E-state index >= 15 is 0 Å². The van der Waals surface area contributed by atoms with Crippen LogP contribution in [0.2, 0.25) is 0 Å². The van der Waals surface area contributed by atoms with Gasteiger partial charge in [-0.3, -0.25) is 0 Å². The predicted octanol–water partition coefficient (Wildman–Crippen LogP) is 4.61. The third kappa shape index (κ3) is 3.62. The molecule has 5 nitrogen and oxygen atoms in total. The van der Waals surface area contributed by atoms with Crippen molar-refractivity contribution in [1.82, 2.24) is 15.0 Å². The zero-order chi connectivity index (χ0) is 19.0. The number of carbonyl (C=O) groups is 1. The first kappa shape index (κ1) is 18.9. The summed E-state index contributed by atoms with van der Waals surface area (Å²) in [4.78, 5) is 12.9. The summed E-state index contributed by atoms with van der Waals surface area (Å²) in [5.74, 6) is 1.36. The molecule has 142 valence electrons. The molecule has 0 N–H and O–H groups in total. The smallest absolute Gasteiger partial charge is 0.331 e. The molecule has 0 radical (unpaired) electrons. The molecular formula is C21H31N3O2. The number of rotatable bonds is 4. The van der Waals surface area contributed by atoms with Gasteiger partial charge in [0, 0.05) is 0 Å². The van der Waals surface area contributed by atoms with Crippen molar-refractivity contribution in [3.05, 3.63) is 23.3 Å². The van der Waals surface area contributed by atoms with E-state index in [2.05, 4.69) is 44.9 Å². The molecule has 1 saturated carbocycles. The molecular weight excluding hydrogens is 326 g/mol. The molecule has 26 heavy (non-hydrogen) atoms. The zero-order valence-electron chi connectivity index (χ0n) is 16.8. The highest BCUT2D eigenvalue weighted by molar-refractivity contribution is 5.80. The highest BCUT2D eigenvalue weighted by atomic mass is 16.5. The maximum absolute atomic E-state index is 12.9. The Kier molecular flexibility index (Phi) is 5.35. The molecule has 0 saturated heterocycles. The molecule has 3 rings (SSSR count). The molecule has 1 heterocycles. The maximum atomic E-state index is 12.9. The summed E-state index contributed by atoms with van der Waals surface area (Å²) >= 11 is 0. The van der Waals surface area contributed by atoms with Crippen molar-refractivity contribution in [1.29, 1.82) is 0 Å². The number of aromatic nitrogens is 3. The topological polar surface area (TPSA) is 57.0 Å². The van der Waals surface area contributed by atoms with Crippen LogP contribution in [0.1, 0.15) is 64.1 Å². The fourth-order valence-corrected chi connectivity index (χ4v) is 4.08. The van der Waals surface area contributed by atoms with Crippen LogP contribution in [0.5, 0.6) is 0 Å². The van der Waals surface area contributed by atoms with Crippen molar-refractivity contribution in [3.63, 3.8) is 0 Å². The fraction of sp³-hybridized carbons (Fsp3) is 0.667. The van der Waals surface area contributed by atoms with Crippen LogP contribution in [-0.2, 0) is 9.53 Å². The first-order valence-electron chi connectivity index (χ1n) is 9.80. The summed E-state index contributed by atoms with van der Waals surface area (Å²) in [5.41, 5.74) is 4.05. The summed E-state index contributed by atoms with van der Waals surface area (Å²) < 4.78 is 7.69. The molecule has 5 heteroatoms. The highest BCUT2D eigenvalue weighted by Gasteiger charge is 2.34. The lowest BCUT2D eigenvalue weighted by Gasteiger charge is -2.37. The Morgan fingerprint density at radius 3 is 2.58 bits per heavy atom. The fourth-order valence-electron chi connectivity index (χ4n) is 4.08. The van der Waals surface area contributed by atoms with E-state index < -0.39 is 6.04 Å². The van der Waals surface area contributed by atoms with E-state index in [-0.39, 0.29) is 12.1 Å². The van der Waals surface area contributed by atoms with E-state index in [1.54, 1.807) is 4.68 Å². The maximum Gasteiger partial charge on any atom is 0.331 e. The van der Waals surface area contributed by atoms with Gasteiger partial charge in [-0.1, -0.05) is 32.4 Å². The van der Waals surface area contributed by atoms with E-state index in [1.165, 1.54) is 17.5 Å². The molecule has 4 atom stereocenters. The van der Waals surface area contributed by atoms with E-state index in [0.717, 1.165) is 23.9 Å². The second-order valence-electron chi connectivity index (χ2n) is 8.44. The first-order chi connectivity index (χ1) is 12.3. The number of benzene rings is 1. The van der Waals surface area contributed by atoms with Gasteiger partial charge in [0.05, 0.1) is 5.52 Å². The Morgan fingerprint density at radius 2 is 1.88 bits per heavy atom. The SMILES string of the molecule is Cc1cc2nnn(C(C)C(=O)OC3CC(C)CCC3C(C)C)c2cc1C. The third-order valence-electron chi connectivity index (χ3n) is 6.02. The van der Waals surface area contributed by atoms with Crippen LogP contribution < -0.4 is 0 Å². The number of nitrogens with zero attached hydrogens (tertiary/aromatic N) is 3. The predicted molar refractivity (Wildman–Crippen MR) is 103 cm³/mol. The molecule has 1 fully saturated rings.